The first-order valence-corrected chi connectivity index (χ1v) is 7.44. The van der Waals surface area contributed by atoms with Gasteiger partial charge < -0.3 is 16.0 Å². The Hall–Kier alpha value is -0.610. The maximum atomic E-state index is 11.8. The van der Waals surface area contributed by atoms with Gasteiger partial charge in [-0.05, 0) is 51.0 Å². The topological polar surface area (TPSA) is 58.4 Å². The van der Waals surface area contributed by atoms with Crippen molar-refractivity contribution < 1.29 is 4.79 Å². The maximum Gasteiger partial charge on any atom is 0.221 e. The van der Waals surface area contributed by atoms with Crippen LogP contribution in [-0.2, 0) is 4.79 Å². The van der Waals surface area contributed by atoms with Crippen molar-refractivity contribution in [3.05, 3.63) is 0 Å². The Bertz CT molecular complexity index is 323. The standard InChI is InChI=1S/C14H25N3O/c15-14(5-1-6-14)8-13(18)16-9-11-4-7-17(10-11)12-2-3-12/h11-12H,1-10,15H2,(H,16,18). The summed E-state index contributed by atoms with van der Waals surface area (Å²) in [7, 11) is 0. The molecule has 1 heterocycles. The highest BCUT2D eigenvalue weighted by molar-refractivity contribution is 5.77. The molecule has 3 rings (SSSR count). The molecule has 0 spiro atoms. The van der Waals surface area contributed by atoms with E-state index in [0.717, 1.165) is 25.4 Å². The van der Waals surface area contributed by atoms with Crippen LogP contribution in [0.1, 0.15) is 44.9 Å². The summed E-state index contributed by atoms with van der Waals surface area (Å²) in [5, 5.41) is 3.08. The number of carbonyl (C=O) groups is 1. The van der Waals surface area contributed by atoms with E-state index in [4.69, 9.17) is 5.73 Å². The van der Waals surface area contributed by atoms with Crippen molar-refractivity contribution in [2.75, 3.05) is 19.6 Å². The number of nitrogens with zero attached hydrogens (tertiary/aromatic N) is 1. The summed E-state index contributed by atoms with van der Waals surface area (Å²) in [6, 6.07) is 0.869. The molecule has 4 nitrogen and oxygen atoms in total. The molecule has 2 aliphatic carbocycles. The van der Waals surface area contributed by atoms with E-state index < -0.39 is 0 Å². The molecule has 0 bridgehead atoms. The fourth-order valence-electron chi connectivity index (χ4n) is 3.25. The fourth-order valence-corrected chi connectivity index (χ4v) is 3.25. The molecule has 3 aliphatic rings. The third-order valence-corrected chi connectivity index (χ3v) is 4.83. The molecular formula is C14H25N3O. The lowest BCUT2D eigenvalue weighted by atomic mass is 9.75. The number of amides is 1. The van der Waals surface area contributed by atoms with Crippen molar-refractivity contribution in [1.82, 2.24) is 10.2 Å². The molecular weight excluding hydrogens is 226 g/mol. The molecule has 2 saturated carbocycles. The molecule has 1 saturated heterocycles. The molecule has 0 aromatic heterocycles. The highest BCUT2D eigenvalue weighted by Gasteiger charge is 2.36. The quantitative estimate of drug-likeness (QED) is 0.762. The Balaban J connectivity index is 1.35. The Morgan fingerprint density at radius 2 is 2.11 bits per heavy atom. The van der Waals surface area contributed by atoms with Gasteiger partial charge in [0.1, 0.15) is 0 Å². The minimum Gasteiger partial charge on any atom is -0.356 e. The number of hydrogen-bond acceptors (Lipinski definition) is 3. The number of nitrogens with two attached hydrogens (primary N) is 1. The Labute approximate surface area is 109 Å². The van der Waals surface area contributed by atoms with Crippen LogP contribution in [0.4, 0.5) is 0 Å². The van der Waals surface area contributed by atoms with E-state index in [2.05, 4.69) is 10.2 Å². The predicted molar refractivity (Wildman–Crippen MR) is 71.1 cm³/mol. The van der Waals surface area contributed by atoms with Crippen molar-refractivity contribution >= 4 is 5.91 Å². The monoisotopic (exact) mass is 251 g/mol. The summed E-state index contributed by atoms with van der Waals surface area (Å²) in [5.74, 6) is 0.812. The summed E-state index contributed by atoms with van der Waals surface area (Å²) in [5.41, 5.74) is 5.91. The number of nitrogens with one attached hydrogen (secondary N) is 1. The van der Waals surface area contributed by atoms with Crippen LogP contribution < -0.4 is 11.1 Å². The highest BCUT2D eigenvalue weighted by atomic mass is 16.1. The Morgan fingerprint density at radius 1 is 1.33 bits per heavy atom. The van der Waals surface area contributed by atoms with Crippen LogP contribution in [0.25, 0.3) is 0 Å². The van der Waals surface area contributed by atoms with E-state index in [1.807, 2.05) is 0 Å². The lowest BCUT2D eigenvalue weighted by Crippen LogP contribution is -2.50. The van der Waals surface area contributed by atoms with Crippen LogP contribution in [0, 0.1) is 5.92 Å². The van der Waals surface area contributed by atoms with E-state index in [9.17, 15) is 4.79 Å². The molecule has 18 heavy (non-hydrogen) atoms. The van der Waals surface area contributed by atoms with Crippen molar-refractivity contribution in [1.29, 1.82) is 0 Å². The van der Waals surface area contributed by atoms with Gasteiger partial charge in [-0.3, -0.25) is 4.79 Å². The molecule has 0 radical (unpaired) electrons. The van der Waals surface area contributed by atoms with Gasteiger partial charge in [-0.15, -0.1) is 0 Å². The average Bonchev–Trinajstić information content (AvgIpc) is 3.04. The zero-order valence-corrected chi connectivity index (χ0v) is 11.2. The molecule has 1 unspecified atom stereocenters. The van der Waals surface area contributed by atoms with Gasteiger partial charge in [0, 0.05) is 31.1 Å². The summed E-state index contributed by atoms with van der Waals surface area (Å²) in [6.45, 7) is 3.25. The van der Waals surface area contributed by atoms with Gasteiger partial charge in [0.25, 0.3) is 0 Å². The van der Waals surface area contributed by atoms with Gasteiger partial charge >= 0.3 is 0 Å². The van der Waals surface area contributed by atoms with Gasteiger partial charge in [-0.1, -0.05) is 0 Å². The van der Waals surface area contributed by atoms with Gasteiger partial charge in [0.2, 0.25) is 5.91 Å². The highest BCUT2D eigenvalue weighted by Crippen LogP contribution is 2.32. The summed E-state index contributed by atoms with van der Waals surface area (Å²) < 4.78 is 0. The third-order valence-electron chi connectivity index (χ3n) is 4.83. The lowest BCUT2D eigenvalue weighted by molar-refractivity contribution is -0.123. The van der Waals surface area contributed by atoms with Gasteiger partial charge in [0.05, 0.1) is 0 Å². The normalized spacial score (nSPS) is 31.1. The third kappa shape index (κ3) is 2.86. The molecule has 3 fully saturated rings. The molecule has 1 aliphatic heterocycles. The molecule has 3 N–H and O–H groups in total. The van der Waals surface area contributed by atoms with E-state index in [1.54, 1.807) is 0 Å². The molecule has 0 aromatic rings. The van der Waals surface area contributed by atoms with Gasteiger partial charge in [-0.2, -0.15) is 0 Å². The zero-order valence-electron chi connectivity index (χ0n) is 11.2. The smallest absolute Gasteiger partial charge is 0.221 e. The predicted octanol–water partition coefficient (Wildman–Crippen LogP) is 0.858. The van der Waals surface area contributed by atoms with Crippen LogP contribution in [0.5, 0.6) is 0 Å². The summed E-state index contributed by atoms with van der Waals surface area (Å²) in [4.78, 5) is 14.4. The second-order valence-electron chi connectivity index (χ2n) is 6.58. The summed E-state index contributed by atoms with van der Waals surface area (Å²) in [6.07, 6.45) is 7.74. The first kappa shape index (κ1) is 12.4. The van der Waals surface area contributed by atoms with Crippen LogP contribution in [-0.4, -0.2) is 42.0 Å². The van der Waals surface area contributed by atoms with E-state index >= 15 is 0 Å². The van der Waals surface area contributed by atoms with Crippen LogP contribution in [0.2, 0.25) is 0 Å². The largest absolute Gasteiger partial charge is 0.356 e. The van der Waals surface area contributed by atoms with Gasteiger partial charge in [0.15, 0.2) is 0 Å². The van der Waals surface area contributed by atoms with Crippen molar-refractivity contribution in [2.45, 2.75) is 56.5 Å². The number of rotatable bonds is 5. The van der Waals surface area contributed by atoms with Crippen molar-refractivity contribution in [2.24, 2.45) is 11.7 Å². The first-order valence-electron chi connectivity index (χ1n) is 7.44. The summed E-state index contributed by atoms with van der Waals surface area (Å²) >= 11 is 0. The average molecular weight is 251 g/mol. The number of carbonyl (C=O) groups excluding carboxylic acids is 1. The van der Waals surface area contributed by atoms with Crippen LogP contribution in [0.3, 0.4) is 0 Å². The second-order valence-corrected chi connectivity index (χ2v) is 6.58. The molecule has 0 aromatic carbocycles. The van der Waals surface area contributed by atoms with Crippen molar-refractivity contribution in [3.8, 4) is 0 Å². The van der Waals surface area contributed by atoms with E-state index in [1.165, 1.54) is 38.8 Å². The number of likely N-dealkylation sites (tertiary alicyclic amines) is 1. The van der Waals surface area contributed by atoms with Gasteiger partial charge in [-0.25, -0.2) is 0 Å². The second kappa shape index (κ2) is 4.82. The zero-order chi connectivity index (χ0) is 12.6. The van der Waals surface area contributed by atoms with Crippen LogP contribution >= 0.6 is 0 Å². The van der Waals surface area contributed by atoms with Crippen molar-refractivity contribution in [3.63, 3.8) is 0 Å². The lowest BCUT2D eigenvalue weighted by Gasteiger charge is -2.37. The van der Waals surface area contributed by atoms with E-state index in [0.29, 0.717) is 12.3 Å². The Morgan fingerprint density at radius 3 is 2.72 bits per heavy atom. The Kier molecular flexibility index (Phi) is 3.32. The minimum atomic E-state index is -0.181. The van der Waals surface area contributed by atoms with Crippen LogP contribution in [0.15, 0.2) is 0 Å². The maximum absolute atomic E-state index is 11.8. The molecule has 1 amide bonds. The first-order chi connectivity index (χ1) is 8.65. The molecule has 1 atom stereocenters. The SMILES string of the molecule is NC1(CC(=O)NCC2CCN(C3CC3)C2)CCC1. The molecule has 102 valence electrons. The van der Waals surface area contributed by atoms with E-state index in [-0.39, 0.29) is 11.4 Å². The minimum absolute atomic E-state index is 0.155. The number of hydrogen-bond donors (Lipinski definition) is 2. The molecule has 4 heteroatoms. The fraction of sp³-hybridized carbons (Fsp3) is 0.929.